The summed E-state index contributed by atoms with van der Waals surface area (Å²) < 4.78 is 27.7. The van der Waals surface area contributed by atoms with Gasteiger partial charge in [-0.05, 0) is 36.5 Å². The van der Waals surface area contributed by atoms with Crippen LogP contribution in [0.25, 0.3) is 0 Å². The Bertz CT molecular complexity index is 581. The Balaban J connectivity index is 2.25. The van der Waals surface area contributed by atoms with Crippen LogP contribution < -0.4 is 0 Å². The molecule has 1 saturated carbocycles. The molecule has 0 aliphatic heterocycles. The molecule has 0 saturated heterocycles. The van der Waals surface area contributed by atoms with E-state index in [9.17, 15) is 8.42 Å². The van der Waals surface area contributed by atoms with E-state index in [1.165, 1.54) is 19.3 Å². The number of rotatable bonds is 5. The monoisotopic (exact) mass is 350 g/mol. The highest BCUT2D eigenvalue weighted by Crippen LogP contribution is 2.39. The number of hydrogen-bond acceptors (Lipinski definition) is 3. The van der Waals surface area contributed by atoms with Gasteiger partial charge in [-0.15, -0.1) is 0 Å². The van der Waals surface area contributed by atoms with Crippen LogP contribution >= 0.6 is 23.2 Å². The van der Waals surface area contributed by atoms with E-state index in [2.05, 4.69) is 0 Å². The predicted molar refractivity (Wildman–Crippen MR) is 86.6 cm³/mol. The second-order valence-electron chi connectivity index (χ2n) is 5.66. The third-order valence-corrected chi connectivity index (χ3v) is 5.17. The van der Waals surface area contributed by atoms with Crippen molar-refractivity contribution in [1.29, 1.82) is 0 Å². The molecule has 0 bridgehead atoms. The van der Waals surface area contributed by atoms with E-state index >= 15 is 0 Å². The largest absolute Gasteiger partial charge is 0.270 e. The Morgan fingerprint density at radius 3 is 2.48 bits per heavy atom. The van der Waals surface area contributed by atoms with Gasteiger partial charge in [-0.2, -0.15) is 8.42 Å². The fourth-order valence-corrected chi connectivity index (χ4v) is 3.96. The van der Waals surface area contributed by atoms with Crippen LogP contribution in [0, 0.1) is 5.92 Å². The van der Waals surface area contributed by atoms with E-state index in [1.807, 2.05) is 6.07 Å². The van der Waals surface area contributed by atoms with Gasteiger partial charge in [-0.1, -0.05) is 48.5 Å². The zero-order valence-electron chi connectivity index (χ0n) is 12.0. The van der Waals surface area contributed by atoms with Crippen molar-refractivity contribution in [3.8, 4) is 0 Å². The van der Waals surface area contributed by atoms with Crippen LogP contribution in [0.1, 0.15) is 43.6 Å². The summed E-state index contributed by atoms with van der Waals surface area (Å²) in [6.45, 7) is 0.144. The highest BCUT2D eigenvalue weighted by molar-refractivity contribution is 7.85. The average Bonchev–Trinajstić information content (AvgIpc) is 2.41. The van der Waals surface area contributed by atoms with E-state index < -0.39 is 10.1 Å². The van der Waals surface area contributed by atoms with Crippen molar-refractivity contribution in [2.75, 3.05) is 12.9 Å². The lowest BCUT2D eigenvalue weighted by molar-refractivity contribution is 0.217. The van der Waals surface area contributed by atoms with Gasteiger partial charge in [-0.25, -0.2) is 0 Å². The van der Waals surface area contributed by atoms with Crippen molar-refractivity contribution in [3.05, 3.63) is 33.8 Å². The first-order chi connectivity index (χ1) is 9.87. The maximum Gasteiger partial charge on any atom is 0.264 e. The van der Waals surface area contributed by atoms with E-state index in [4.69, 9.17) is 27.4 Å². The Hall–Kier alpha value is -0.290. The van der Waals surface area contributed by atoms with E-state index in [1.54, 1.807) is 12.1 Å². The zero-order chi connectivity index (χ0) is 15.5. The fraction of sp³-hybridized carbons (Fsp3) is 0.600. The Morgan fingerprint density at radius 2 is 1.90 bits per heavy atom. The number of benzene rings is 1. The molecule has 1 aromatic carbocycles. The molecule has 118 valence electrons. The zero-order valence-corrected chi connectivity index (χ0v) is 14.3. The fourth-order valence-electron chi connectivity index (χ4n) is 3.02. The minimum atomic E-state index is -3.46. The van der Waals surface area contributed by atoms with E-state index in [0.29, 0.717) is 16.0 Å². The summed E-state index contributed by atoms with van der Waals surface area (Å²) in [6.07, 6.45) is 6.82. The summed E-state index contributed by atoms with van der Waals surface area (Å²) in [5.74, 6) is 0.393. The van der Waals surface area contributed by atoms with Crippen LogP contribution in [0.4, 0.5) is 0 Å². The highest BCUT2D eigenvalue weighted by Gasteiger charge is 2.28. The Morgan fingerprint density at radius 1 is 1.24 bits per heavy atom. The second kappa shape index (κ2) is 7.32. The molecule has 1 fully saturated rings. The van der Waals surface area contributed by atoms with Crippen molar-refractivity contribution >= 4 is 33.3 Å². The van der Waals surface area contributed by atoms with Gasteiger partial charge < -0.3 is 0 Å². The molecule has 0 aromatic heterocycles. The first-order valence-electron chi connectivity index (χ1n) is 7.16. The van der Waals surface area contributed by atoms with Crippen molar-refractivity contribution in [2.45, 2.75) is 38.0 Å². The molecule has 1 atom stereocenters. The van der Waals surface area contributed by atoms with Crippen LogP contribution in [0.2, 0.25) is 10.0 Å². The van der Waals surface area contributed by atoms with Gasteiger partial charge >= 0.3 is 0 Å². The van der Waals surface area contributed by atoms with Crippen molar-refractivity contribution in [2.24, 2.45) is 5.92 Å². The molecular formula is C15H20Cl2O3S. The summed E-state index contributed by atoms with van der Waals surface area (Å²) in [4.78, 5) is 0. The summed E-state index contributed by atoms with van der Waals surface area (Å²) in [6, 6.07) is 5.38. The summed E-state index contributed by atoms with van der Waals surface area (Å²) >= 11 is 12.2. The van der Waals surface area contributed by atoms with Gasteiger partial charge in [0.2, 0.25) is 0 Å². The Kier molecular flexibility index (Phi) is 5.95. The minimum absolute atomic E-state index is 0.00945. The van der Waals surface area contributed by atoms with E-state index in [0.717, 1.165) is 24.7 Å². The van der Waals surface area contributed by atoms with Gasteiger partial charge in [-0.3, -0.25) is 4.18 Å². The summed E-state index contributed by atoms with van der Waals surface area (Å²) in [5.41, 5.74) is 0.927. The van der Waals surface area contributed by atoms with Gasteiger partial charge in [0, 0.05) is 16.0 Å². The number of halogens is 2. The molecule has 0 radical (unpaired) electrons. The quantitative estimate of drug-likeness (QED) is 0.726. The maximum absolute atomic E-state index is 11.3. The highest BCUT2D eigenvalue weighted by atomic mass is 35.5. The SMILES string of the molecule is CS(=O)(=O)OCC(c1ccc(Cl)cc1Cl)C1CCCCC1. The lowest BCUT2D eigenvalue weighted by Crippen LogP contribution is -2.22. The first-order valence-corrected chi connectivity index (χ1v) is 9.73. The third-order valence-electron chi connectivity index (χ3n) is 4.04. The van der Waals surface area contributed by atoms with E-state index in [-0.39, 0.29) is 12.5 Å². The lowest BCUT2D eigenvalue weighted by Gasteiger charge is -2.30. The van der Waals surface area contributed by atoms with Gasteiger partial charge in [0.1, 0.15) is 0 Å². The summed E-state index contributed by atoms with van der Waals surface area (Å²) in [5, 5.41) is 1.16. The van der Waals surface area contributed by atoms with Gasteiger partial charge in [0.15, 0.2) is 0 Å². The molecular weight excluding hydrogens is 331 g/mol. The molecule has 3 nitrogen and oxygen atoms in total. The maximum atomic E-state index is 11.3. The van der Waals surface area contributed by atoms with Crippen LogP contribution in [-0.2, 0) is 14.3 Å². The summed E-state index contributed by atoms with van der Waals surface area (Å²) in [7, 11) is -3.46. The molecule has 21 heavy (non-hydrogen) atoms. The van der Waals surface area contributed by atoms with Crippen LogP contribution in [-0.4, -0.2) is 21.3 Å². The molecule has 1 aliphatic carbocycles. The molecule has 0 spiro atoms. The Labute approximate surface area is 136 Å². The van der Waals surface area contributed by atoms with Crippen LogP contribution in [0.15, 0.2) is 18.2 Å². The van der Waals surface area contributed by atoms with Crippen molar-refractivity contribution in [1.82, 2.24) is 0 Å². The van der Waals surface area contributed by atoms with Gasteiger partial charge in [0.05, 0.1) is 12.9 Å². The van der Waals surface area contributed by atoms with Crippen molar-refractivity contribution < 1.29 is 12.6 Å². The molecule has 6 heteroatoms. The second-order valence-corrected chi connectivity index (χ2v) is 8.15. The van der Waals surface area contributed by atoms with Crippen LogP contribution in [0.3, 0.4) is 0 Å². The number of hydrogen-bond donors (Lipinski definition) is 0. The molecule has 0 N–H and O–H groups in total. The molecule has 1 aromatic rings. The third kappa shape index (κ3) is 5.13. The topological polar surface area (TPSA) is 43.4 Å². The smallest absolute Gasteiger partial charge is 0.264 e. The molecule has 0 amide bonds. The molecule has 1 aliphatic rings. The minimum Gasteiger partial charge on any atom is -0.270 e. The lowest BCUT2D eigenvalue weighted by atomic mass is 9.77. The average molecular weight is 351 g/mol. The normalized spacial score (nSPS) is 18.6. The molecule has 1 unspecified atom stereocenters. The first kappa shape index (κ1) is 17.1. The van der Waals surface area contributed by atoms with Crippen LogP contribution in [0.5, 0.6) is 0 Å². The van der Waals surface area contributed by atoms with Crippen molar-refractivity contribution in [3.63, 3.8) is 0 Å². The predicted octanol–water partition coefficient (Wildman–Crippen LogP) is 4.63. The van der Waals surface area contributed by atoms with Gasteiger partial charge in [0.25, 0.3) is 10.1 Å². The standard InChI is InChI=1S/C15H20Cl2O3S/c1-21(18,19)20-10-14(11-5-3-2-4-6-11)13-8-7-12(16)9-15(13)17/h7-9,11,14H,2-6,10H2,1H3. The molecule has 2 rings (SSSR count). The molecule has 0 heterocycles.